The Morgan fingerprint density at radius 3 is 1.73 bits per heavy atom. The molecule has 0 aromatic carbocycles. The van der Waals surface area contributed by atoms with Gasteiger partial charge < -0.3 is 31.9 Å². The van der Waals surface area contributed by atoms with Gasteiger partial charge in [-0.1, -0.05) is 27.7 Å². The molecule has 11 heteroatoms. The van der Waals surface area contributed by atoms with E-state index < -0.39 is 53.8 Å². The summed E-state index contributed by atoms with van der Waals surface area (Å²) in [6.45, 7) is 8.38. The first-order valence-corrected chi connectivity index (χ1v) is 9.87. The van der Waals surface area contributed by atoms with Crippen LogP contribution in [-0.4, -0.2) is 64.0 Å². The van der Waals surface area contributed by atoms with Crippen LogP contribution in [0.25, 0.3) is 0 Å². The zero-order chi connectivity index (χ0) is 23.6. The summed E-state index contributed by atoms with van der Waals surface area (Å²) in [5, 5.41) is 25.1. The number of nitrogens with two attached hydrogens (primary N) is 1. The highest BCUT2D eigenvalue weighted by Gasteiger charge is 2.30. The minimum atomic E-state index is -1.23. The lowest BCUT2D eigenvalue weighted by Crippen LogP contribution is -2.57. The molecular weight excluding hydrogens is 396 g/mol. The van der Waals surface area contributed by atoms with Gasteiger partial charge in [0.15, 0.2) is 0 Å². The lowest BCUT2D eigenvalue weighted by atomic mass is 10.0. The number of amides is 3. The molecule has 0 saturated carbocycles. The Hall–Kier alpha value is -2.69. The van der Waals surface area contributed by atoms with E-state index in [1.165, 1.54) is 6.92 Å². The van der Waals surface area contributed by atoms with Crippen LogP contribution < -0.4 is 21.7 Å². The zero-order valence-corrected chi connectivity index (χ0v) is 18.1. The lowest BCUT2D eigenvalue weighted by Gasteiger charge is -2.26. The highest BCUT2D eigenvalue weighted by atomic mass is 16.4. The molecule has 0 radical (unpaired) electrons. The first kappa shape index (κ1) is 27.3. The summed E-state index contributed by atoms with van der Waals surface area (Å²) in [4.78, 5) is 59.4. The number of hydrogen-bond acceptors (Lipinski definition) is 6. The average Bonchev–Trinajstić information content (AvgIpc) is 2.62. The fourth-order valence-corrected chi connectivity index (χ4v) is 2.46. The van der Waals surface area contributed by atoms with E-state index in [-0.39, 0.29) is 31.1 Å². The predicted octanol–water partition coefficient (Wildman–Crippen LogP) is -0.560. The van der Waals surface area contributed by atoms with Gasteiger partial charge in [0.2, 0.25) is 17.7 Å². The maximum absolute atomic E-state index is 12.7. The maximum atomic E-state index is 12.7. The Balaban J connectivity index is 5.42. The van der Waals surface area contributed by atoms with Gasteiger partial charge in [-0.15, -0.1) is 0 Å². The van der Waals surface area contributed by atoms with Crippen molar-refractivity contribution >= 4 is 29.7 Å². The molecule has 0 saturated heterocycles. The molecule has 0 aliphatic carbocycles. The lowest BCUT2D eigenvalue weighted by molar-refractivity contribution is -0.142. The van der Waals surface area contributed by atoms with Crippen LogP contribution in [0.2, 0.25) is 0 Å². The van der Waals surface area contributed by atoms with Gasteiger partial charge in [-0.3, -0.25) is 24.0 Å². The zero-order valence-electron chi connectivity index (χ0n) is 18.1. The molecule has 3 amide bonds. The predicted molar refractivity (Wildman–Crippen MR) is 108 cm³/mol. The number of carboxylic acid groups (broad SMARTS) is 2. The summed E-state index contributed by atoms with van der Waals surface area (Å²) in [7, 11) is 0. The molecule has 0 aliphatic rings. The van der Waals surface area contributed by atoms with E-state index in [0.717, 1.165) is 0 Å². The molecule has 30 heavy (non-hydrogen) atoms. The van der Waals surface area contributed by atoms with Crippen LogP contribution in [0.4, 0.5) is 0 Å². The molecule has 0 bridgehead atoms. The third-order valence-corrected chi connectivity index (χ3v) is 4.37. The topological polar surface area (TPSA) is 188 Å². The van der Waals surface area contributed by atoms with Gasteiger partial charge in [-0.25, -0.2) is 0 Å². The SMILES string of the molecule is CC(C)CC(NC(=O)C(CCC(=O)O)NC(=O)C(N)C(C)C)C(=O)NC(C)C(=O)O. The molecule has 11 nitrogen and oxygen atoms in total. The fourth-order valence-electron chi connectivity index (χ4n) is 2.46. The van der Waals surface area contributed by atoms with E-state index in [9.17, 15) is 24.0 Å². The van der Waals surface area contributed by atoms with Gasteiger partial charge in [0.05, 0.1) is 6.04 Å². The molecule has 0 heterocycles. The van der Waals surface area contributed by atoms with Gasteiger partial charge in [0.1, 0.15) is 18.1 Å². The molecule has 0 aliphatic heterocycles. The number of carboxylic acids is 2. The average molecular weight is 431 g/mol. The first-order chi connectivity index (χ1) is 13.8. The van der Waals surface area contributed by atoms with Gasteiger partial charge in [-0.05, 0) is 31.6 Å². The van der Waals surface area contributed by atoms with Gasteiger partial charge in [0, 0.05) is 6.42 Å². The number of hydrogen-bond donors (Lipinski definition) is 6. The second kappa shape index (κ2) is 12.8. The van der Waals surface area contributed by atoms with Crippen LogP contribution in [0.3, 0.4) is 0 Å². The molecule has 7 N–H and O–H groups in total. The Morgan fingerprint density at radius 2 is 1.30 bits per heavy atom. The molecule has 0 rings (SSSR count). The summed E-state index contributed by atoms with van der Waals surface area (Å²) >= 11 is 0. The summed E-state index contributed by atoms with van der Waals surface area (Å²) in [5.74, 6) is -4.64. The minimum absolute atomic E-state index is 0.0115. The van der Waals surface area contributed by atoms with Gasteiger partial charge in [-0.2, -0.15) is 0 Å². The highest BCUT2D eigenvalue weighted by molar-refractivity contribution is 5.94. The van der Waals surface area contributed by atoms with E-state index in [4.69, 9.17) is 15.9 Å². The molecule has 0 spiro atoms. The Morgan fingerprint density at radius 1 is 0.800 bits per heavy atom. The number of aliphatic carboxylic acids is 2. The Kier molecular flexibility index (Phi) is 11.6. The Labute approximate surface area is 176 Å². The second-order valence-electron chi connectivity index (χ2n) is 8.02. The number of rotatable bonds is 13. The molecule has 0 fully saturated rings. The maximum Gasteiger partial charge on any atom is 0.325 e. The fraction of sp³-hybridized carbons (Fsp3) is 0.737. The molecule has 4 unspecified atom stereocenters. The Bertz CT molecular complexity index is 636. The normalized spacial score (nSPS) is 15.1. The first-order valence-electron chi connectivity index (χ1n) is 9.87. The van der Waals surface area contributed by atoms with Crippen molar-refractivity contribution in [2.75, 3.05) is 0 Å². The van der Waals surface area contributed by atoms with Crippen molar-refractivity contribution in [3.63, 3.8) is 0 Å². The molecule has 0 aromatic rings. The third-order valence-electron chi connectivity index (χ3n) is 4.37. The van der Waals surface area contributed by atoms with E-state index in [1.807, 2.05) is 13.8 Å². The number of nitrogens with one attached hydrogen (secondary N) is 3. The molecule has 172 valence electrons. The largest absolute Gasteiger partial charge is 0.481 e. The standard InChI is InChI=1S/C19H34N4O7/c1-9(2)8-13(17(27)21-11(5)19(29)30)23-16(26)12(6-7-14(24)25)22-18(28)15(20)10(3)4/h9-13,15H,6-8,20H2,1-5H3,(H,21,27)(H,22,28)(H,23,26)(H,24,25)(H,29,30). The third kappa shape index (κ3) is 10.2. The second-order valence-corrected chi connectivity index (χ2v) is 8.02. The van der Waals surface area contributed by atoms with Crippen molar-refractivity contribution in [1.29, 1.82) is 0 Å². The van der Waals surface area contributed by atoms with E-state index in [0.29, 0.717) is 0 Å². The van der Waals surface area contributed by atoms with Crippen LogP contribution in [0, 0.1) is 11.8 Å². The summed E-state index contributed by atoms with van der Waals surface area (Å²) < 4.78 is 0. The van der Waals surface area contributed by atoms with Crippen molar-refractivity contribution in [3.8, 4) is 0 Å². The van der Waals surface area contributed by atoms with E-state index in [1.54, 1.807) is 13.8 Å². The van der Waals surface area contributed by atoms with E-state index in [2.05, 4.69) is 16.0 Å². The van der Waals surface area contributed by atoms with Crippen molar-refractivity contribution in [1.82, 2.24) is 16.0 Å². The van der Waals surface area contributed by atoms with Gasteiger partial charge in [0.25, 0.3) is 0 Å². The van der Waals surface area contributed by atoms with Crippen LogP contribution in [0.15, 0.2) is 0 Å². The van der Waals surface area contributed by atoms with Crippen LogP contribution in [0.1, 0.15) is 53.9 Å². The highest BCUT2D eigenvalue weighted by Crippen LogP contribution is 2.08. The number of carbonyl (C=O) groups is 5. The summed E-state index contributed by atoms with van der Waals surface area (Å²) in [5.41, 5.74) is 5.78. The molecule has 4 atom stereocenters. The van der Waals surface area contributed by atoms with Crippen molar-refractivity contribution in [2.45, 2.75) is 78.0 Å². The van der Waals surface area contributed by atoms with E-state index >= 15 is 0 Å². The summed E-state index contributed by atoms with van der Waals surface area (Å²) in [6, 6.07) is -4.31. The smallest absolute Gasteiger partial charge is 0.325 e. The molecular formula is C19H34N4O7. The van der Waals surface area contributed by atoms with Crippen molar-refractivity contribution in [2.24, 2.45) is 17.6 Å². The minimum Gasteiger partial charge on any atom is -0.481 e. The van der Waals surface area contributed by atoms with Crippen LogP contribution in [0.5, 0.6) is 0 Å². The van der Waals surface area contributed by atoms with Crippen LogP contribution >= 0.6 is 0 Å². The number of carbonyl (C=O) groups excluding carboxylic acids is 3. The van der Waals surface area contributed by atoms with Gasteiger partial charge >= 0.3 is 11.9 Å². The molecule has 0 aromatic heterocycles. The quantitative estimate of drug-likeness (QED) is 0.224. The van der Waals surface area contributed by atoms with Crippen LogP contribution in [-0.2, 0) is 24.0 Å². The summed E-state index contributed by atoms with van der Waals surface area (Å²) in [6.07, 6.45) is -0.360. The van der Waals surface area contributed by atoms with Crippen molar-refractivity contribution < 1.29 is 34.2 Å². The monoisotopic (exact) mass is 430 g/mol. The van der Waals surface area contributed by atoms with Crippen molar-refractivity contribution in [3.05, 3.63) is 0 Å².